The summed E-state index contributed by atoms with van der Waals surface area (Å²) < 4.78 is 38.8. The smallest absolute Gasteiger partial charge is 0.300 e. The van der Waals surface area contributed by atoms with E-state index in [9.17, 15) is 13.2 Å². The van der Waals surface area contributed by atoms with Gasteiger partial charge in [-0.25, -0.2) is 0 Å². The summed E-state index contributed by atoms with van der Waals surface area (Å²) in [5, 5.41) is 0. The van der Waals surface area contributed by atoms with Crippen LogP contribution >= 0.6 is 0 Å². The number of benzene rings is 1. The molecule has 0 saturated carbocycles. The number of piperidine rings is 1. The fourth-order valence-corrected chi connectivity index (χ4v) is 5.12. The lowest BCUT2D eigenvalue weighted by molar-refractivity contribution is -0.137. The number of rotatable bonds is 6. The van der Waals surface area contributed by atoms with E-state index in [4.69, 9.17) is 0 Å². The van der Waals surface area contributed by atoms with Gasteiger partial charge in [0.05, 0.1) is 5.56 Å². The second kappa shape index (κ2) is 9.44. The van der Waals surface area contributed by atoms with Crippen molar-refractivity contribution in [2.45, 2.75) is 83.5 Å². The van der Waals surface area contributed by atoms with Crippen LogP contribution in [0.1, 0.15) is 70.9 Å². The molecule has 0 amide bonds. The monoisotopic (exact) mass is 422 g/mol. The van der Waals surface area contributed by atoms with Crippen molar-refractivity contribution in [1.29, 1.82) is 0 Å². The van der Waals surface area contributed by atoms with Crippen molar-refractivity contribution in [1.82, 2.24) is 9.80 Å². The van der Waals surface area contributed by atoms with Crippen molar-refractivity contribution in [3.8, 4) is 0 Å². The highest BCUT2D eigenvalue weighted by Crippen LogP contribution is 2.35. The molecule has 2 heterocycles. The Morgan fingerprint density at radius 2 is 1.50 bits per heavy atom. The highest BCUT2D eigenvalue weighted by Gasteiger charge is 2.34. The molecule has 1 unspecified atom stereocenters. The first-order valence-electron chi connectivity index (χ1n) is 11.4. The quantitative estimate of drug-likeness (QED) is 0.499. The summed E-state index contributed by atoms with van der Waals surface area (Å²) in [6, 6.07) is 6.78. The van der Waals surface area contributed by atoms with Gasteiger partial charge in [-0.05, 0) is 82.2 Å². The molecule has 0 aliphatic carbocycles. The van der Waals surface area contributed by atoms with Crippen molar-refractivity contribution in [3.63, 3.8) is 0 Å². The lowest BCUT2D eigenvalue weighted by Crippen LogP contribution is -2.48. The van der Waals surface area contributed by atoms with Crippen molar-refractivity contribution in [3.05, 3.63) is 47.0 Å². The molecule has 1 aromatic carbocycles. The van der Waals surface area contributed by atoms with Gasteiger partial charge >= 0.3 is 6.18 Å². The van der Waals surface area contributed by atoms with Crippen LogP contribution in [0.15, 0.2) is 35.9 Å². The Balaban J connectivity index is 1.69. The molecule has 2 aliphatic heterocycles. The molecule has 0 bridgehead atoms. The first-order chi connectivity index (χ1) is 14.1. The van der Waals surface area contributed by atoms with Gasteiger partial charge in [0.25, 0.3) is 0 Å². The van der Waals surface area contributed by atoms with E-state index in [-0.39, 0.29) is 5.41 Å². The predicted molar refractivity (Wildman–Crippen MR) is 118 cm³/mol. The Labute approximate surface area is 180 Å². The molecule has 0 spiro atoms. The minimum atomic E-state index is -4.28. The van der Waals surface area contributed by atoms with E-state index in [0.717, 1.165) is 31.1 Å². The number of hydrogen-bond acceptors (Lipinski definition) is 2. The summed E-state index contributed by atoms with van der Waals surface area (Å²) in [5.41, 5.74) is 1.48. The standard InChI is InChI=1S/C25H37F3N2/c1-19(2)17-23(30-15-11-22(12-16-30)29-13-5-6-14-29)18-24(3,4)20-7-9-21(10-8-20)25(26,27)28/h7-10,17,22-23H,5-6,11-16,18H2,1-4H3. The molecule has 0 N–H and O–H groups in total. The largest absolute Gasteiger partial charge is 0.416 e. The number of halogens is 3. The van der Waals surface area contributed by atoms with E-state index in [1.165, 1.54) is 56.5 Å². The Hall–Kier alpha value is -1.33. The van der Waals surface area contributed by atoms with E-state index in [0.29, 0.717) is 6.04 Å². The second-order valence-corrected chi connectivity index (χ2v) is 9.98. The zero-order chi connectivity index (χ0) is 21.9. The molecule has 3 rings (SSSR count). The molecule has 30 heavy (non-hydrogen) atoms. The van der Waals surface area contributed by atoms with Crippen molar-refractivity contribution < 1.29 is 13.2 Å². The molecule has 0 aromatic heterocycles. The summed E-state index contributed by atoms with van der Waals surface area (Å²) in [5.74, 6) is 0. The number of nitrogens with zero attached hydrogens (tertiary/aromatic N) is 2. The van der Waals surface area contributed by atoms with Crippen LogP contribution in [-0.4, -0.2) is 48.1 Å². The molecule has 2 saturated heterocycles. The first kappa shape index (κ1) is 23.3. The molecular weight excluding hydrogens is 385 g/mol. The van der Waals surface area contributed by atoms with Crippen molar-refractivity contribution >= 4 is 0 Å². The van der Waals surface area contributed by atoms with Gasteiger partial charge in [-0.1, -0.05) is 37.6 Å². The van der Waals surface area contributed by atoms with Gasteiger partial charge in [0.1, 0.15) is 0 Å². The summed E-state index contributed by atoms with van der Waals surface area (Å²) in [6.07, 6.45) is 4.07. The number of allylic oxidation sites excluding steroid dienone is 1. The summed E-state index contributed by atoms with van der Waals surface area (Å²) >= 11 is 0. The maximum atomic E-state index is 12.9. The summed E-state index contributed by atoms with van der Waals surface area (Å²) in [7, 11) is 0. The molecule has 168 valence electrons. The van der Waals surface area contributed by atoms with E-state index in [2.05, 4.69) is 43.6 Å². The Bertz CT molecular complexity index is 703. The molecule has 0 radical (unpaired) electrons. The number of alkyl halides is 3. The van der Waals surface area contributed by atoms with Crippen LogP contribution in [0.5, 0.6) is 0 Å². The molecular formula is C25H37F3N2. The third-order valence-electron chi connectivity index (χ3n) is 6.86. The van der Waals surface area contributed by atoms with Gasteiger partial charge in [-0.15, -0.1) is 0 Å². The van der Waals surface area contributed by atoms with Gasteiger partial charge in [0, 0.05) is 25.2 Å². The molecule has 1 aromatic rings. The Kier molecular flexibility index (Phi) is 7.34. The predicted octanol–water partition coefficient (Wildman–Crippen LogP) is 6.27. The normalized spacial score (nSPS) is 21.0. The summed E-state index contributed by atoms with van der Waals surface area (Å²) in [6.45, 7) is 13.3. The van der Waals surface area contributed by atoms with Gasteiger partial charge in [-0.3, -0.25) is 4.90 Å². The molecule has 2 nitrogen and oxygen atoms in total. The van der Waals surface area contributed by atoms with Gasteiger partial charge in [0.2, 0.25) is 0 Å². The van der Waals surface area contributed by atoms with Gasteiger partial charge < -0.3 is 4.90 Å². The van der Waals surface area contributed by atoms with Crippen LogP contribution in [0.4, 0.5) is 13.2 Å². The Morgan fingerprint density at radius 1 is 0.967 bits per heavy atom. The van der Waals surface area contributed by atoms with E-state index in [1.807, 2.05) is 0 Å². The fourth-order valence-electron chi connectivity index (χ4n) is 5.12. The third-order valence-corrected chi connectivity index (χ3v) is 6.86. The van der Waals surface area contributed by atoms with Crippen LogP contribution in [0.2, 0.25) is 0 Å². The lowest BCUT2D eigenvalue weighted by atomic mass is 9.78. The number of hydrogen-bond donors (Lipinski definition) is 0. The minimum Gasteiger partial charge on any atom is -0.300 e. The lowest BCUT2D eigenvalue weighted by Gasteiger charge is -2.42. The van der Waals surface area contributed by atoms with E-state index >= 15 is 0 Å². The highest BCUT2D eigenvalue weighted by molar-refractivity contribution is 5.30. The first-order valence-corrected chi connectivity index (χ1v) is 11.4. The van der Waals surface area contributed by atoms with Crippen LogP contribution in [0, 0.1) is 0 Å². The zero-order valence-corrected chi connectivity index (χ0v) is 18.9. The fraction of sp³-hybridized carbons (Fsp3) is 0.680. The maximum absolute atomic E-state index is 12.9. The van der Waals surface area contributed by atoms with Gasteiger partial charge in [0.15, 0.2) is 0 Å². The van der Waals surface area contributed by atoms with Crippen LogP contribution in [-0.2, 0) is 11.6 Å². The van der Waals surface area contributed by atoms with E-state index < -0.39 is 11.7 Å². The second-order valence-electron chi connectivity index (χ2n) is 9.98. The zero-order valence-electron chi connectivity index (χ0n) is 18.9. The van der Waals surface area contributed by atoms with Crippen LogP contribution in [0.3, 0.4) is 0 Å². The van der Waals surface area contributed by atoms with E-state index in [1.54, 1.807) is 12.1 Å². The molecule has 2 aliphatic rings. The van der Waals surface area contributed by atoms with Gasteiger partial charge in [-0.2, -0.15) is 13.2 Å². The summed E-state index contributed by atoms with van der Waals surface area (Å²) in [4.78, 5) is 5.25. The molecule has 5 heteroatoms. The van der Waals surface area contributed by atoms with Crippen molar-refractivity contribution in [2.75, 3.05) is 26.2 Å². The Morgan fingerprint density at radius 3 is 2.00 bits per heavy atom. The maximum Gasteiger partial charge on any atom is 0.416 e. The number of likely N-dealkylation sites (tertiary alicyclic amines) is 2. The third kappa shape index (κ3) is 5.88. The minimum absolute atomic E-state index is 0.202. The van der Waals surface area contributed by atoms with Crippen molar-refractivity contribution in [2.24, 2.45) is 0 Å². The SMILES string of the molecule is CC(C)=CC(CC(C)(C)c1ccc(C(F)(F)F)cc1)N1CCC(N2CCCC2)CC1. The molecule has 2 fully saturated rings. The molecule has 1 atom stereocenters. The van der Waals surface area contributed by atoms with Crippen LogP contribution in [0.25, 0.3) is 0 Å². The highest BCUT2D eigenvalue weighted by atomic mass is 19.4. The topological polar surface area (TPSA) is 6.48 Å². The average molecular weight is 423 g/mol. The average Bonchev–Trinajstić information content (AvgIpc) is 3.21. The van der Waals surface area contributed by atoms with Crippen LogP contribution < -0.4 is 0 Å².